The van der Waals surface area contributed by atoms with Crippen molar-refractivity contribution in [3.8, 4) is 0 Å². The van der Waals surface area contributed by atoms with Crippen LogP contribution in [0.25, 0.3) is 12.2 Å². The Morgan fingerprint density at radius 3 is 1.26 bits per heavy atom. The van der Waals surface area contributed by atoms with Gasteiger partial charge in [-0.15, -0.1) is 0 Å². The molecule has 0 aliphatic carbocycles. The van der Waals surface area contributed by atoms with E-state index in [0.717, 1.165) is 0 Å². The van der Waals surface area contributed by atoms with Crippen LogP contribution in [0.15, 0.2) is 91.0 Å². The van der Waals surface area contributed by atoms with Crippen LogP contribution in [0.2, 0.25) is 0 Å². The van der Waals surface area contributed by atoms with Crippen LogP contribution in [-0.2, 0) is 0 Å². The van der Waals surface area contributed by atoms with Crippen LogP contribution in [0.3, 0.4) is 0 Å². The van der Waals surface area contributed by atoms with Crippen molar-refractivity contribution in [1.29, 1.82) is 0 Å². The Hall–Kier alpha value is -3.13. The number of carbonyl (C=O) groups excluding carboxylic acids is 1. The van der Waals surface area contributed by atoms with Crippen molar-refractivity contribution >= 4 is 18.1 Å². The molecule has 0 spiro atoms. The molecule has 0 aromatic heterocycles. The molecule has 0 unspecified atom stereocenters. The monoisotopic (exact) mass is 301 g/mol. The second kappa shape index (κ2) is 9.00. The Kier molecular flexibility index (Phi) is 6.36. The van der Waals surface area contributed by atoms with Crippen LogP contribution in [0.1, 0.15) is 21.5 Å². The summed E-state index contributed by atoms with van der Waals surface area (Å²) in [6.45, 7) is 0. The van der Waals surface area contributed by atoms with E-state index in [-0.39, 0.29) is 5.91 Å². The Morgan fingerprint density at radius 2 is 0.957 bits per heavy atom. The van der Waals surface area contributed by atoms with Crippen molar-refractivity contribution in [1.82, 2.24) is 0 Å². The highest BCUT2D eigenvalue weighted by atomic mass is 16.1. The number of amides is 1. The van der Waals surface area contributed by atoms with Gasteiger partial charge in [-0.05, 0) is 23.3 Å². The summed E-state index contributed by atoms with van der Waals surface area (Å²) in [6.07, 6.45) is 4.24. The fourth-order valence-electron chi connectivity index (χ4n) is 1.92. The molecule has 114 valence electrons. The topological polar surface area (TPSA) is 43.1 Å². The smallest absolute Gasteiger partial charge is 0.248 e. The van der Waals surface area contributed by atoms with E-state index in [1.165, 1.54) is 11.1 Å². The first-order valence-corrected chi connectivity index (χ1v) is 7.39. The van der Waals surface area contributed by atoms with E-state index in [2.05, 4.69) is 36.4 Å². The molecule has 0 heterocycles. The predicted octanol–water partition coefficient (Wildman–Crippen LogP) is 4.64. The van der Waals surface area contributed by atoms with Crippen LogP contribution in [-0.4, -0.2) is 5.91 Å². The van der Waals surface area contributed by atoms with Crippen molar-refractivity contribution < 1.29 is 4.79 Å². The van der Waals surface area contributed by atoms with Gasteiger partial charge in [0.2, 0.25) is 5.91 Å². The van der Waals surface area contributed by atoms with Crippen LogP contribution < -0.4 is 5.73 Å². The average Bonchev–Trinajstić information content (AvgIpc) is 2.63. The van der Waals surface area contributed by atoms with Crippen LogP contribution in [0.4, 0.5) is 0 Å². The molecule has 3 aromatic rings. The first-order valence-electron chi connectivity index (χ1n) is 7.39. The zero-order valence-electron chi connectivity index (χ0n) is 12.8. The maximum atomic E-state index is 10.4. The third-order valence-corrected chi connectivity index (χ3v) is 3.13. The Labute approximate surface area is 136 Å². The highest BCUT2D eigenvalue weighted by Gasteiger charge is 1.93. The van der Waals surface area contributed by atoms with E-state index < -0.39 is 0 Å². The zero-order valence-corrected chi connectivity index (χ0v) is 12.8. The quantitative estimate of drug-likeness (QED) is 0.703. The molecule has 0 fully saturated rings. The van der Waals surface area contributed by atoms with E-state index in [4.69, 9.17) is 5.73 Å². The van der Waals surface area contributed by atoms with Gasteiger partial charge in [0.1, 0.15) is 0 Å². The lowest BCUT2D eigenvalue weighted by Crippen LogP contribution is -2.09. The normalized spacial score (nSPS) is 9.91. The van der Waals surface area contributed by atoms with Gasteiger partial charge in [0, 0.05) is 5.56 Å². The Morgan fingerprint density at radius 1 is 0.609 bits per heavy atom. The molecule has 0 aliphatic heterocycles. The third kappa shape index (κ3) is 6.02. The van der Waals surface area contributed by atoms with Crippen molar-refractivity contribution in [3.05, 3.63) is 108 Å². The summed E-state index contributed by atoms with van der Waals surface area (Å²) >= 11 is 0. The van der Waals surface area contributed by atoms with E-state index in [0.29, 0.717) is 5.56 Å². The van der Waals surface area contributed by atoms with Gasteiger partial charge in [0.15, 0.2) is 0 Å². The molecular weight excluding hydrogens is 282 g/mol. The highest BCUT2D eigenvalue weighted by Crippen LogP contribution is 2.06. The van der Waals surface area contributed by atoms with Crippen molar-refractivity contribution in [3.63, 3.8) is 0 Å². The molecule has 0 atom stereocenters. The van der Waals surface area contributed by atoms with E-state index in [9.17, 15) is 4.79 Å². The van der Waals surface area contributed by atoms with Gasteiger partial charge < -0.3 is 5.73 Å². The highest BCUT2D eigenvalue weighted by molar-refractivity contribution is 5.92. The predicted molar refractivity (Wildman–Crippen MR) is 96.8 cm³/mol. The van der Waals surface area contributed by atoms with Crippen LogP contribution in [0, 0.1) is 0 Å². The molecule has 2 heteroatoms. The number of hydrogen-bond donors (Lipinski definition) is 1. The first-order chi connectivity index (χ1) is 11.3. The largest absolute Gasteiger partial charge is 0.366 e. The maximum Gasteiger partial charge on any atom is 0.248 e. The van der Waals surface area contributed by atoms with E-state index in [1.807, 2.05) is 42.5 Å². The molecule has 0 saturated heterocycles. The molecule has 3 rings (SSSR count). The zero-order chi connectivity index (χ0) is 16.3. The minimum atomic E-state index is -0.379. The van der Waals surface area contributed by atoms with Crippen molar-refractivity contribution in [2.24, 2.45) is 5.73 Å². The second-order valence-electron chi connectivity index (χ2n) is 4.88. The number of benzene rings is 3. The lowest BCUT2D eigenvalue weighted by molar-refractivity contribution is 0.100. The molecular formula is C21H19NO. The summed E-state index contributed by atoms with van der Waals surface area (Å²) in [4.78, 5) is 10.4. The second-order valence-corrected chi connectivity index (χ2v) is 4.88. The summed E-state index contributed by atoms with van der Waals surface area (Å²) in [6, 6.07) is 29.4. The number of primary amides is 1. The molecule has 1 amide bonds. The molecule has 2 nitrogen and oxygen atoms in total. The van der Waals surface area contributed by atoms with Gasteiger partial charge in [-0.2, -0.15) is 0 Å². The minimum Gasteiger partial charge on any atom is -0.366 e. The fraction of sp³-hybridized carbons (Fsp3) is 0. The van der Waals surface area contributed by atoms with Crippen molar-refractivity contribution in [2.75, 3.05) is 0 Å². The SMILES string of the molecule is C(=Cc1ccccc1)c1ccccc1.NC(=O)c1ccccc1. The number of rotatable bonds is 3. The summed E-state index contributed by atoms with van der Waals surface area (Å²) in [5.41, 5.74) is 7.99. The van der Waals surface area contributed by atoms with Gasteiger partial charge in [0.25, 0.3) is 0 Å². The summed E-state index contributed by atoms with van der Waals surface area (Å²) < 4.78 is 0. The Balaban J connectivity index is 0.000000185. The molecule has 23 heavy (non-hydrogen) atoms. The van der Waals surface area contributed by atoms with Gasteiger partial charge >= 0.3 is 0 Å². The van der Waals surface area contributed by atoms with Gasteiger partial charge in [-0.3, -0.25) is 4.79 Å². The van der Waals surface area contributed by atoms with Gasteiger partial charge in [-0.25, -0.2) is 0 Å². The van der Waals surface area contributed by atoms with E-state index in [1.54, 1.807) is 24.3 Å². The van der Waals surface area contributed by atoms with Gasteiger partial charge in [0.05, 0.1) is 0 Å². The molecule has 2 N–H and O–H groups in total. The molecule has 0 aliphatic rings. The molecule has 0 radical (unpaired) electrons. The third-order valence-electron chi connectivity index (χ3n) is 3.13. The molecule has 3 aromatic carbocycles. The first kappa shape index (κ1) is 16.2. The lowest BCUT2D eigenvalue weighted by atomic mass is 10.1. The fourth-order valence-corrected chi connectivity index (χ4v) is 1.92. The van der Waals surface area contributed by atoms with E-state index >= 15 is 0 Å². The Bertz CT molecular complexity index is 693. The number of carbonyl (C=O) groups is 1. The number of nitrogens with two attached hydrogens (primary N) is 1. The molecule has 0 bridgehead atoms. The molecule has 0 saturated carbocycles. The standard InChI is InChI=1S/C14H12.C7H7NO/c1-3-7-13(8-4-1)11-12-14-9-5-2-6-10-14;8-7(9)6-4-2-1-3-5-6/h1-12H;1-5H,(H2,8,9). The van der Waals surface area contributed by atoms with Crippen molar-refractivity contribution in [2.45, 2.75) is 0 Å². The number of hydrogen-bond acceptors (Lipinski definition) is 1. The lowest BCUT2D eigenvalue weighted by Gasteiger charge is -1.92. The van der Waals surface area contributed by atoms with Crippen LogP contribution in [0.5, 0.6) is 0 Å². The minimum absolute atomic E-state index is 0.379. The average molecular weight is 301 g/mol. The summed E-state index contributed by atoms with van der Waals surface area (Å²) in [7, 11) is 0. The summed E-state index contributed by atoms with van der Waals surface area (Å²) in [5, 5.41) is 0. The maximum absolute atomic E-state index is 10.4. The van der Waals surface area contributed by atoms with Gasteiger partial charge in [-0.1, -0.05) is 91.0 Å². The van der Waals surface area contributed by atoms with Crippen LogP contribution >= 0.6 is 0 Å². The summed E-state index contributed by atoms with van der Waals surface area (Å²) in [5.74, 6) is -0.379.